The average Bonchev–Trinajstić information content (AvgIpc) is 3.12. The summed E-state index contributed by atoms with van der Waals surface area (Å²) in [5, 5.41) is 13.1. The number of nitrogens with one attached hydrogen (secondary N) is 2. The van der Waals surface area contributed by atoms with Crippen LogP contribution in [0.15, 0.2) is 48.5 Å². The van der Waals surface area contributed by atoms with Crippen molar-refractivity contribution in [3.05, 3.63) is 59.7 Å². The number of amides is 2. The van der Waals surface area contributed by atoms with E-state index in [9.17, 15) is 27.6 Å². The summed E-state index contributed by atoms with van der Waals surface area (Å²) in [6.07, 6.45) is -7.35. The molecule has 0 fully saturated rings. The van der Waals surface area contributed by atoms with Crippen LogP contribution >= 0.6 is 0 Å². The van der Waals surface area contributed by atoms with Gasteiger partial charge in [0.1, 0.15) is 12.6 Å². The molecule has 11 heteroatoms. The second-order valence-corrected chi connectivity index (χ2v) is 7.89. The molecule has 1 aliphatic carbocycles. The average molecular weight is 494 g/mol. The van der Waals surface area contributed by atoms with Gasteiger partial charge in [0, 0.05) is 18.9 Å². The first-order chi connectivity index (χ1) is 16.7. The quantitative estimate of drug-likeness (QED) is 0.413. The lowest BCUT2D eigenvalue weighted by Gasteiger charge is -2.16. The van der Waals surface area contributed by atoms with Gasteiger partial charge >= 0.3 is 18.2 Å². The van der Waals surface area contributed by atoms with Crippen LogP contribution in [0.1, 0.15) is 29.9 Å². The Bertz CT molecular complexity index is 1010. The summed E-state index contributed by atoms with van der Waals surface area (Å²) >= 11 is 0. The standard InChI is InChI=1S/C24H25F3N2O6/c25-24(26,27)13-20(22(31)32)29-21(30)9-11-34-12-10-28-23(33)35-14-19-17-7-3-1-5-15(17)16-6-2-4-8-18(16)19/h1-8,19-20H,9-14H2,(H,28,33)(H,29,30)(H,31,32). The van der Waals surface area contributed by atoms with Crippen molar-refractivity contribution in [2.45, 2.75) is 31.0 Å². The van der Waals surface area contributed by atoms with E-state index in [1.165, 1.54) is 0 Å². The number of carboxylic acid groups (broad SMARTS) is 1. The summed E-state index contributed by atoms with van der Waals surface area (Å²) in [7, 11) is 0. The topological polar surface area (TPSA) is 114 Å². The molecule has 1 aliphatic rings. The Kier molecular flexibility index (Phi) is 8.69. The fourth-order valence-corrected chi connectivity index (χ4v) is 3.84. The number of carbonyl (C=O) groups excluding carboxylic acids is 2. The highest BCUT2D eigenvalue weighted by molar-refractivity contribution is 5.83. The van der Waals surface area contributed by atoms with Crippen LogP contribution in [0.4, 0.5) is 18.0 Å². The van der Waals surface area contributed by atoms with Gasteiger partial charge < -0.3 is 25.2 Å². The highest BCUT2D eigenvalue weighted by Crippen LogP contribution is 2.44. The van der Waals surface area contributed by atoms with Gasteiger partial charge in [-0.25, -0.2) is 9.59 Å². The largest absolute Gasteiger partial charge is 0.480 e. The molecule has 0 aromatic heterocycles. The number of rotatable bonds is 11. The predicted octanol–water partition coefficient (Wildman–Crippen LogP) is 3.45. The Balaban J connectivity index is 1.33. The van der Waals surface area contributed by atoms with Gasteiger partial charge in [-0.1, -0.05) is 48.5 Å². The molecule has 0 saturated carbocycles. The Labute approximate surface area is 199 Å². The van der Waals surface area contributed by atoms with Crippen LogP contribution in [-0.4, -0.2) is 61.7 Å². The van der Waals surface area contributed by atoms with E-state index in [1.807, 2.05) is 53.8 Å². The third-order valence-electron chi connectivity index (χ3n) is 5.40. The smallest absolute Gasteiger partial charge is 0.407 e. The highest BCUT2D eigenvalue weighted by Gasteiger charge is 2.36. The van der Waals surface area contributed by atoms with Crippen LogP contribution in [0.2, 0.25) is 0 Å². The third kappa shape index (κ3) is 7.44. The van der Waals surface area contributed by atoms with Crippen molar-refractivity contribution in [1.82, 2.24) is 10.6 Å². The van der Waals surface area contributed by atoms with Gasteiger partial charge in [-0.05, 0) is 22.3 Å². The van der Waals surface area contributed by atoms with Gasteiger partial charge in [0.15, 0.2) is 0 Å². The van der Waals surface area contributed by atoms with E-state index in [-0.39, 0.29) is 38.7 Å². The van der Waals surface area contributed by atoms with E-state index in [2.05, 4.69) is 5.32 Å². The zero-order valence-corrected chi connectivity index (χ0v) is 18.6. The van der Waals surface area contributed by atoms with Gasteiger partial charge in [0.2, 0.25) is 5.91 Å². The van der Waals surface area contributed by atoms with Crippen molar-refractivity contribution in [2.75, 3.05) is 26.4 Å². The summed E-state index contributed by atoms with van der Waals surface area (Å²) < 4.78 is 47.6. The summed E-state index contributed by atoms with van der Waals surface area (Å²) in [6.45, 7) is 0.118. The van der Waals surface area contributed by atoms with Crippen molar-refractivity contribution in [3.63, 3.8) is 0 Å². The van der Waals surface area contributed by atoms with Crippen molar-refractivity contribution < 1.29 is 42.1 Å². The Morgan fingerprint density at radius 1 is 0.971 bits per heavy atom. The number of alkyl halides is 3. The number of carboxylic acids is 1. The molecule has 0 saturated heterocycles. The highest BCUT2D eigenvalue weighted by atomic mass is 19.4. The molecule has 2 aromatic carbocycles. The van der Waals surface area contributed by atoms with Crippen LogP contribution in [0.5, 0.6) is 0 Å². The van der Waals surface area contributed by atoms with Gasteiger partial charge in [0.05, 0.1) is 19.6 Å². The van der Waals surface area contributed by atoms with Gasteiger partial charge in [-0.15, -0.1) is 0 Å². The van der Waals surface area contributed by atoms with E-state index in [0.717, 1.165) is 22.3 Å². The number of carbonyl (C=O) groups is 3. The van der Waals surface area contributed by atoms with Crippen LogP contribution in [0, 0.1) is 0 Å². The normalized spacial score (nSPS) is 13.5. The van der Waals surface area contributed by atoms with Crippen molar-refractivity contribution in [1.29, 1.82) is 0 Å². The maximum Gasteiger partial charge on any atom is 0.407 e. The van der Waals surface area contributed by atoms with E-state index in [1.54, 1.807) is 0 Å². The fourth-order valence-electron chi connectivity index (χ4n) is 3.84. The van der Waals surface area contributed by atoms with Gasteiger partial charge in [-0.2, -0.15) is 13.2 Å². The molecule has 0 bridgehead atoms. The number of benzene rings is 2. The SMILES string of the molecule is O=C(CCOCCNC(=O)OCC1c2ccccc2-c2ccccc21)NC(CC(F)(F)F)C(=O)O. The molecule has 1 unspecified atom stereocenters. The van der Waals surface area contributed by atoms with E-state index in [0.29, 0.717) is 0 Å². The Morgan fingerprint density at radius 2 is 1.57 bits per heavy atom. The molecule has 3 rings (SSSR count). The Morgan fingerprint density at radius 3 is 2.14 bits per heavy atom. The maximum atomic E-state index is 12.4. The fraction of sp³-hybridized carbons (Fsp3) is 0.375. The molecule has 8 nitrogen and oxygen atoms in total. The number of ether oxygens (including phenoxy) is 2. The summed E-state index contributed by atoms with van der Waals surface area (Å²) in [4.78, 5) is 34.6. The summed E-state index contributed by atoms with van der Waals surface area (Å²) in [6, 6.07) is 13.8. The molecule has 2 aromatic rings. The monoisotopic (exact) mass is 494 g/mol. The van der Waals surface area contributed by atoms with E-state index < -0.39 is 36.6 Å². The molecule has 0 radical (unpaired) electrons. The first-order valence-corrected chi connectivity index (χ1v) is 10.9. The lowest BCUT2D eigenvalue weighted by Crippen LogP contribution is -2.43. The predicted molar refractivity (Wildman–Crippen MR) is 119 cm³/mol. The first kappa shape index (κ1) is 26.0. The second kappa shape index (κ2) is 11.7. The van der Waals surface area contributed by atoms with Crippen LogP contribution in [0.3, 0.4) is 0 Å². The molecule has 0 aliphatic heterocycles. The zero-order chi connectivity index (χ0) is 25.4. The number of alkyl carbamates (subject to hydrolysis) is 1. The van der Waals surface area contributed by atoms with Gasteiger partial charge in [0.25, 0.3) is 0 Å². The van der Waals surface area contributed by atoms with E-state index >= 15 is 0 Å². The number of fused-ring (bicyclic) bond motifs is 3. The molecule has 35 heavy (non-hydrogen) atoms. The van der Waals surface area contributed by atoms with Crippen molar-refractivity contribution >= 4 is 18.0 Å². The lowest BCUT2D eigenvalue weighted by molar-refractivity contribution is -0.160. The van der Waals surface area contributed by atoms with Crippen LogP contribution in [0.25, 0.3) is 11.1 Å². The molecule has 2 amide bonds. The summed E-state index contributed by atoms with van der Waals surface area (Å²) in [5.74, 6) is -2.73. The first-order valence-electron chi connectivity index (χ1n) is 10.9. The minimum atomic E-state index is -4.72. The van der Waals surface area contributed by atoms with Crippen molar-refractivity contribution in [3.8, 4) is 11.1 Å². The number of hydrogen-bond donors (Lipinski definition) is 3. The maximum absolute atomic E-state index is 12.4. The molecular formula is C24H25F3N2O6. The molecule has 188 valence electrons. The van der Waals surface area contributed by atoms with Gasteiger partial charge in [-0.3, -0.25) is 4.79 Å². The van der Waals surface area contributed by atoms with Crippen LogP contribution < -0.4 is 10.6 Å². The summed E-state index contributed by atoms with van der Waals surface area (Å²) in [5.41, 5.74) is 4.40. The zero-order valence-electron chi connectivity index (χ0n) is 18.6. The number of halogens is 3. The van der Waals surface area contributed by atoms with Crippen molar-refractivity contribution in [2.24, 2.45) is 0 Å². The molecule has 3 N–H and O–H groups in total. The number of hydrogen-bond acceptors (Lipinski definition) is 5. The molecule has 1 atom stereocenters. The Hall–Kier alpha value is -3.60. The second-order valence-electron chi connectivity index (χ2n) is 7.89. The van der Waals surface area contributed by atoms with E-state index in [4.69, 9.17) is 14.6 Å². The minimum Gasteiger partial charge on any atom is -0.480 e. The van der Waals surface area contributed by atoms with Crippen LogP contribution in [-0.2, 0) is 19.1 Å². The molecule has 0 heterocycles. The third-order valence-corrected chi connectivity index (χ3v) is 5.40. The minimum absolute atomic E-state index is 0.0301. The molecule has 0 spiro atoms. The molecular weight excluding hydrogens is 469 g/mol. The lowest BCUT2D eigenvalue weighted by atomic mass is 9.98. The number of aliphatic carboxylic acids is 1.